The summed E-state index contributed by atoms with van der Waals surface area (Å²) in [5.74, 6) is 0.536. The first-order valence-electron chi connectivity index (χ1n) is 10.1. The number of amides is 1. The molecule has 0 fully saturated rings. The second-order valence-electron chi connectivity index (χ2n) is 7.37. The number of methoxy groups -OCH3 is 2. The summed E-state index contributed by atoms with van der Waals surface area (Å²) < 4.78 is 16.3. The molecular formula is C26H23NO5. The fourth-order valence-corrected chi connectivity index (χ4v) is 3.77. The van der Waals surface area contributed by atoms with Crippen LogP contribution in [0, 0.1) is 6.92 Å². The summed E-state index contributed by atoms with van der Waals surface area (Å²) in [6, 6.07) is 20.4. The first-order chi connectivity index (χ1) is 15.5. The Balaban J connectivity index is 1.81. The van der Waals surface area contributed by atoms with E-state index in [2.05, 4.69) is 5.32 Å². The highest BCUT2D eigenvalue weighted by molar-refractivity contribution is 6.00. The third kappa shape index (κ3) is 4.07. The number of hydrogen-bond acceptors (Lipinski definition) is 5. The van der Waals surface area contributed by atoms with E-state index in [0.29, 0.717) is 33.9 Å². The van der Waals surface area contributed by atoms with E-state index in [4.69, 9.17) is 13.9 Å². The van der Waals surface area contributed by atoms with Gasteiger partial charge >= 0.3 is 5.63 Å². The van der Waals surface area contributed by atoms with Gasteiger partial charge in [-0.15, -0.1) is 0 Å². The minimum atomic E-state index is -0.539. The van der Waals surface area contributed by atoms with E-state index in [9.17, 15) is 9.59 Å². The van der Waals surface area contributed by atoms with Gasteiger partial charge in [0.2, 0.25) is 5.91 Å². The van der Waals surface area contributed by atoms with E-state index >= 15 is 0 Å². The fraction of sp³-hybridized carbons (Fsp3) is 0.154. The number of carbonyl (C=O) groups is 1. The summed E-state index contributed by atoms with van der Waals surface area (Å²) in [6.07, 6.45) is -0.169. The molecule has 0 unspecified atom stereocenters. The number of fused-ring (bicyclic) bond motifs is 1. The van der Waals surface area contributed by atoms with Crippen molar-refractivity contribution < 1.29 is 18.7 Å². The van der Waals surface area contributed by atoms with Crippen LogP contribution >= 0.6 is 0 Å². The summed E-state index contributed by atoms with van der Waals surface area (Å²) in [7, 11) is 3.02. The topological polar surface area (TPSA) is 77.8 Å². The number of benzene rings is 3. The first kappa shape index (κ1) is 21.2. The van der Waals surface area contributed by atoms with Crippen molar-refractivity contribution in [2.75, 3.05) is 19.5 Å². The minimum absolute atomic E-state index is 0.169. The van der Waals surface area contributed by atoms with E-state index in [1.165, 1.54) is 14.2 Å². The van der Waals surface area contributed by atoms with Crippen LogP contribution in [0.25, 0.3) is 22.1 Å². The molecule has 1 aromatic heterocycles. The molecule has 6 nitrogen and oxygen atoms in total. The van der Waals surface area contributed by atoms with Gasteiger partial charge in [-0.3, -0.25) is 4.79 Å². The lowest BCUT2D eigenvalue weighted by atomic mass is 9.94. The van der Waals surface area contributed by atoms with Crippen molar-refractivity contribution in [2.45, 2.75) is 13.3 Å². The zero-order chi connectivity index (χ0) is 22.7. The van der Waals surface area contributed by atoms with Crippen LogP contribution in [0.2, 0.25) is 0 Å². The van der Waals surface area contributed by atoms with Crippen molar-refractivity contribution in [3.63, 3.8) is 0 Å². The lowest BCUT2D eigenvalue weighted by Gasteiger charge is -2.15. The Kier molecular flexibility index (Phi) is 5.94. The van der Waals surface area contributed by atoms with E-state index < -0.39 is 5.63 Å². The highest BCUT2D eigenvalue weighted by Gasteiger charge is 2.21. The Hall–Kier alpha value is -4.06. The van der Waals surface area contributed by atoms with Crippen LogP contribution in [0.15, 0.2) is 75.9 Å². The lowest BCUT2D eigenvalue weighted by molar-refractivity contribution is -0.115. The second kappa shape index (κ2) is 8.98. The maximum absolute atomic E-state index is 13.1. The molecule has 4 rings (SSSR count). The molecule has 0 bridgehead atoms. The fourth-order valence-electron chi connectivity index (χ4n) is 3.77. The number of hydrogen-bond donors (Lipinski definition) is 1. The molecule has 0 atom stereocenters. The number of anilines is 1. The molecule has 4 aromatic rings. The van der Waals surface area contributed by atoms with Crippen molar-refractivity contribution in [3.05, 3.63) is 88.3 Å². The summed E-state index contributed by atoms with van der Waals surface area (Å²) in [5.41, 5.74) is 3.21. The molecule has 1 amide bonds. The van der Waals surface area contributed by atoms with Gasteiger partial charge in [0, 0.05) is 10.9 Å². The monoisotopic (exact) mass is 429 g/mol. The number of ether oxygens (including phenoxy) is 2. The summed E-state index contributed by atoms with van der Waals surface area (Å²) in [6.45, 7) is 1.97. The highest BCUT2D eigenvalue weighted by Crippen LogP contribution is 2.35. The normalized spacial score (nSPS) is 10.7. The Bertz CT molecular complexity index is 1320. The average Bonchev–Trinajstić information content (AvgIpc) is 2.80. The van der Waals surface area contributed by atoms with Crippen LogP contribution in [0.1, 0.15) is 11.1 Å². The van der Waals surface area contributed by atoms with Crippen molar-refractivity contribution >= 4 is 22.6 Å². The first-order valence-corrected chi connectivity index (χ1v) is 10.1. The van der Waals surface area contributed by atoms with E-state index in [1.807, 2.05) is 49.4 Å². The highest BCUT2D eigenvalue weighted by atomic mass is 16.5. The molecule has 0 aliphatic heterocycles. The molecule has 3 aromatic carbocycles. The molecular weight excluding hydrogens is 406 g/mol. The zero-order valence-corrected chi connectivity index (χ0v) is 18.1. The van der Waals surface area contributed by atoms with Crippen LogP contribution < -0.4 is 20.4 Å². The molecule has 32 heavy (non-hydrogen) atoms. The Labute approximate surface area is 185 Å². The van der Waals surface area contributed by atoms with Crippen molar-refractivity contribution in [1.82, 2.24) is 0 Å². The molecule has 6 heteroatoms. The number of rotatable bonds is 6. The molecule has 1 heterocycles. The quantitative estimate of drug-likeness (QED) is 0.438. The maximum Gasteiger partial charge on any atom is 0.340 e. The average molecular weight is 429 g/mol. The van der Waals surface area contributed by atoms with Crippen molar-refractivity contribution in [2.24, 2.45) is 0 Å². The van der Waals surface area contributed by atoms with Crippen LogP contribution in [0.5, 0.6) is 11.5 Å². The maximum atomic E-state index is 13.1. The molecule has 1 N–H and O–H groups in total. The van der Waals surface area contributed by atoms with Crippen LogP contribution in [-0.2, 0) is 11.2 Å². The smallest absolute Gasteiger partial charge is 0.340 e. The standard InChI is InChI=1S/C26H23NO5/c1-16-12-13-20-18(14-16)24(17-8-5-4-6-9-17)19(26(29)32-20)15-23(28)27-25-21(30-2)10-7-11-22(25)31-3/h4-14H,15H2,1-3H3,(H,27,28). The molecule has 0 saturated carbocycles. The van der Waals surface area contributed by atoms with Gasteiger partial charge in [-0.2, -0.15) is 0 Å². The second-order valence-corrected chi connectivity index (χ2v) is 7.37. The molecule has 0 radical (unpaired) electrons. The molecule has 162 valence electrons. The van der Waals surface area contributed by atoms with Crippen LogP contribution in [0.3, 0.4) is 0 Å². The van der Waals surface area contributed by atoms with E-state index in [1.54, 1.807) is 24.3 Å². The van der Waals surface area contributed by atoms with Crippen LogP contribution in [-0.4, -0.2) is 20.1 Å². The van der Waals surface area contributed by atoms with Gasteiger partial charge in [0.1, 0.15) is 22.8 Å². The van der Waals surface area contributed by atoms with Gasteiger partial charge in [-0.05, 0) is 36.8 Å². The lowest BCUT2D eigenvalue weighted by Crippen LogP contribution is -2.21. The molecule has 0 saturated heterocycles. The number of carbonyl (C=O) groups excluding carboxylic acids is 1. The van der Waals surface area contributed by atoms with Gasteiger partial charge in [0.05, 0.1) is 26.2 Å². The Morgan fingerprint density at radius 1 is 0.938 bits per heavy atom. The third-order valence-electron chi connectivity index (χ3n) is 5.25. The van der Waals surface area contributed by atoms with Gasteiger partial charge in [-0.1, -0.05) is 48.0 Å². The number of para-hydroxylation sites is 1. The minimum Gasteiger partial charge on any atom is -0.494 e. The summed E-state index contributed by atoms with van der Waals surface area (Å²) >= 11 is 0. The molecule has 0 aliphatic rings. The third-order valence-corrected chi connectivity index (χ3v) is 5.25. The van der Waals surface area contributed by atoms with E-state index in [0.717, 1.165) is 16.5 Å². The summed E-state index contributed by atoms with van der Waals surface area (Å²) in [5, 5.41) is 3.61. The molecule has 0 spiro atoms. The predicted octanol–water partition coefficient (Wildman–Crippen LogP) is 4.97. The SMILES string of the molecule is COc1cccc(OC)c1NC(=O)Cc1c(-c2ccccc2)c2cc(C)ccc2oc1=O. The Morgan fingerprint density at radius 2 is 1.62 bits per heavy atom. The Morgan fingerprint density at radius 3 is 2.28 bits per heavy atom. The predicted molar refractivity (Wildman–Crippen MR) is 125 cm³/mol. The largest absolute Gasteiger partial charge is 0.494 e. The number of nitrogens with one attached hydrogen (secondary N) is 1. The zero-order valence-electron chi connectivity index (χ0n) is 18.1. The number of aryl methyl sites for hydroxylation is 1. The van der Waals surface area contributed by atoms with Gasteiger partial charge in [0.15, 0.2) is 0 Å². The van der Waals surface area contributed by atoms with Gasteiger partial charge in [0.25, 0.3) is 0 Å². The van der Waals surface area contributed by atoms with Gasteiger partial charge in [-0.25, -0.2) is 4.79 Å². The van der Waals surface area contributed by atoms with Crippen molar-refractivity contribution in [3.8, 4) is 22.6 Å². The van der Waals surface area contributed by atoms with Crippen LogP contribution in [0.4, 0.5) is 5.69 Å². The van der Waals surface area contributed by atoms with Gasteiger partial charge < -0.3 is 19.2 Å². The van der Waals surface area contributed by atoms with E-state index in [-0.39, 0.29) is 12.3 Å². The molecule has 0 aliphatic carbocycles. The van der Waals surface area contributed by atoms with Crippen molar-refractivity contribution in [1.29, 1.82) is 0 Å². The summed E-state index contributed by atoms with van der Waals surface area (Å²) in [4.78, 5) is 26.0.